The number of aromatic nitrogens is 3. The SMILES string of the molecule is Cc1ccc2c(c1)NC(=S)Cc1cnc(Nc3cc(C4CCN(C)CC4(C)C)cnc3C)nc1-2. The fourth-order valence-electron chi connectivity index (χ4n) is 5.39. The number of rotatable bonds is 3. The van der Waals surface area contributed by atoms with Crippen molar-refractivity contribution >= 4 is 34.5 Å². The van der Waals surface area contributed by atoms with Crippen LogP contribution in [-0.2, 0) is 6.42 Å². The molecule has 3 aromatic rings. The zero-order valence-corrected chi connectivity index (χ0v) is 21.4. The fourth-order valence-corrected chi connectivity index (χ4v) is 5.66. The van der Waals surface area contributed by atoms with Crippen LogP contribution in [0.15, 0.2) is 36.7 Å². The summed E-state index contributed by atoms with van der Waals surface area (Å²) in [5.41, 5.74) is 8.53. The topological polar surface area (TPSA) is 66.0 Å². The van der Waals surface area contributed by atoms with Gasteiger partial charge in [-0.1, -0.05) is 38.2 Å². The van der Waals surface area contributed by atoms with Gasteiger partial charge in [0.2, 0.25) is 5.95 Å². The third-order valence-corrected chi connectivity index (χ3v) is 7.34. The van der Waals surface area contributed by atoms with Crippen LogP contribution in [0.4, 0.5) is 17.3 Å². The van der Waals surface area contributed by atoms with Crippen LogP contribution in [0.3, 0.4) is 0 Å². The first-order valence-corrected chi connectivity index (χ1v) is 12.3. The first kappa shape index (κ1) is 22.9. The number of nitrogens with one attached hydrogen (secondary N) is 2. The van der Waals surface area contributed by atoms with Crippen LogP contribution in [0.5, 0.6) is 0 Å². The standard InChI is InChI=1S/C27H32N6S/c1-16-6-7-20-23(10-16)30-24(34)12-19-14-29-26(32-25(19)20)31-22-11-18(13-28-17(22)2)21-8-9-33(5)15-27(21,3)4/h6-7,10-11,13-14,21H,8-9,12,15H2,1-5H3,(H,30,34)(H,29,31,32). The second-order valence-electron chi connectivity index (χ2n) is 10.4. The van der Waals surface area contributed by atoms with E-state index < -0.39 is 0 Å². The number of hydrogen-bond donors (Lipinski definition) is 2. The molecule has 176 valence electrons. The molecule has 1 saturated heterocycles. The Labute approximate surface area is 207 Å². The molecule has 1 fully saturated rings. The van der Waals surface area contributed by atoms with E-state index in [4.69, 9.17) is 22.2 Å². The van der Waals surface area contributed by atoms with Crippen molar-refractivity contribution in [2.24, 2.45) is 5.41 Å². The molecule has 4 heterocycles. The van der Waals surface area contributed by atoms with Crippen LogP contribution in [0.1, 0.15) is 48.6 Å². The highest BCUT2D eigenvalue weighted by atomic mass is 32.1. The summed E-state index contributed by atoms with van der Waals surface area (Å²) >= 11 is 5.55. The summed E-state index contributed by atoms with van der Waals surface area (Å²) in [7, 11) is 2.20. The molecule has 2 aliphatic rings. The molecular weight excluding hydrogens is 440 g/mol. The molecule has 0 aliphatic carbocycles. The number of fused-ring (bicyclic) bond motifs is 3. The van der Waals surface area contributed by atoms with Gasteiger partial charge in [0, 0.05) is 42.2 Å². The Morgan fingerprint density at radius 2 is 1.97 bits per heavy atom. The number of aryl methyl sites for hydroxylation is 2. The van der Waals surface area contributed by atoms with Crippen molar-refractivity contribution < 1.29 is 0 Å². The Kier molecular flexibility index (Phi) is 5.86. The van der Waals surface area contributed by atoms with E-state index in [1.807, 2.05) is 19.3 Å². The Morgan fingerprint density at radius 3 is 2.76 bits per heavy atom. The Bertz CT molecular complexity index is 1270. The van der Waals surface area contributed by atoms with Crippen LogP contribution in [0, 0.1) is 19.3 Å². The minimum Gasteiger partial charge on any atom is -0.349 e. The Balaban J connectivity index is 1.49. The number of anilines is 3. The van der Waals surface area contributed by atoms with Gasteiger partial charge in [0.05, 0.1) is 22.1 Å². The van der Waals surface area contributed by atoms with E-state index in [9.17, 15) is 0 Å². The molecule has 34 heavy (non-hydrogen) atoms. The van der Waals surface area contributed by atoms with Gasteiger partial charge in [-0.05, 0) is 68.5 Å². The molecule has 0 bridgehead atoms. The van der Waals surface area contributed by atoms with Crippen LogP contribution >= 0.6 is 12.2 Å². The first-order valence-electron chi connectivity index (χ1n) is 11.9. The molecule has 0 saturated carbocycles. The molecule has 7 heteroatoms. The average Bonchev–Trinajstić information content (AvgIpc) is 2.89. The zero-order chi connectivity index (χ0) is 24.0. The molecule has 5 rings (SSSR count). The Hall–Kier alpha value is -2.90. The smallest absolute Gasteiger partial charge is 0.227 e. The average molecular weight is 473 g/mol. The summed E-state index contributed by atoms with van der Waals surface area (Å²) in [6.07, 6.45) is 5.69. The third kappa shape index (κ3) is 4.42. The van der Waals surface area contributed by atoms with Crippen molar-refractivity contribution in [2.45, 2.75) is 46.5 Å². The number of likely N-dealkylation sites (tertiary alicyclic amines) is 1. The van der Waals surface area contributed by atoms with Crippen LogP contribution in [-0.4, -0.2) is 45.0 Å². The van der Waals surface area contributed by atoms with Gasteiger partial charge in [-0.3, -0.25) is 4.98 Å². The molecular formula is C27H32N6S. The van der Waals surface area contributed by atoms with E-state index in [0.717, 1.165) is 58.4 Å². The molecule has 2 N–H and O–H groups in total. The second-order valence-corrected chi connectivity index (χ2v) is 10.9. The normalized spacial score (nSPS) is 19.6. The van der Waals surface area contributed by atoms with Crippen LogP contribution in [0.2, 0.25) is 0 Å². The lowest BCUT2D eigenvalue weighted by atomic mass is 9.71. The minimum absolute atomic E-state index is 0.190. The lowest BCUT2D eigenvalue weighted by Crippen LogP contribution is -2.42. The van der Waals surface area contributed by atoms with E-state index in [0.29, 0.717) is 18.3 Å². The highest BCUT2D eigenvalue weighted by molar-refractivity contribution is 7.80. The Morgan fingerprint density at radius 1 is 1.15 bits per heavy atom. The van der Waals surface area contributed by atoms with E-state index in [-0.39, 0.29) is 5.41 Å². The van der Waals surface area contributed by atoms with E-state index in [1.54, 1.807) is 0 Å². The molecule has 0 radical (unpaired) electrons. The summed E-state index contributed by atoms with van der Waals surface area (Å²) in [6, 6.07) is 8.57. The van der Waals surface area contributed by atoms with E-state index in [2.05, 4.69) is 72.6 Å². The summed E-state index contributed by atoms with van der Waals surface area (Å²) in [4.78, 5) is 17.5. The molecule has 0 spiro atoms. The second kappa shape index (κ2) is 8.71. The fraction of sp³-hybridized carbons (Fsp3) is 0.407. The molecule has 1 unspecified atom stereocenters. The maximum atomic E-state index is 5.55. The van der Waals surface area contributed by atoms with Crippen molar-refractivity contribution in [3.63, 3.8) is 0 Å². The van der Waals surface area contributed by atoms with Crippen molar-refractivity contribution in [1.29, 1.82) is 0 Å². The van der Waals surface area contributed by atoms with Crippen LogP contribution in [0.25, 0.3) is 11.3 Å². The molecule has 6 nitrogen and oxygen atoms in total. The monoisotopic (exact) mass is 472 g/mol. The van der Waals surface area contributed by atoms with Crippen molar-refractivity contribution in [1.82, 2.24) is 19.9 Å². The predicted molar refractivity (Wildman–Crippen MR) is 143 cm³/mol. The van der Waals surface area contributed by atoms with E-state index in [1.165, 1.54) is 11.1 Å². The third-order valence-electron chi connectivity index (χ3n) is 7.10. The molecule has 0 amide bonds. The highest BCUT2D eigenvalue weighted by Gasteiger charge is 2.36. The van der Waals surface area contributed by atoms with Crippen molar-refractivity contribution in [2.75, 3.05) is 30.8 Å². The molecule has 2 aliphatic heterocycles. The summed E-state index contributed by atoms with van der Waals surface area (Å²) < 4.78 is 0. The summed E-state index contributed by atoms with van der Waals surface area (Å²) in [5.74, 6) is 1.04. The summed E-state index contributed by atoms with van der Waals surface area (Å²) in [5, 5.41) is 6.84. The largest absolute Gasteiger partial charge is 0.349 e. The first-order chi connectivity index (χ1) is 16.2. The highest BCUT2D eigenvalue weighted by Crippen LogP contribution is 2.42. The maximum Gasteiger partial charge on any atom is 0.227 e. The number of pyridine rings is 1. The van der Waals surface area contributed by atoms with Crippen molar-refractivity contribution in [3.8, 4) is 11.3 Å². The lowest BCUT2D eigenvalue weighted by Gasteiger charge is -2.43. The lowest BCUT2D eigenvalue weighted by molar-refractivity contribution is 0.114. The molecule has 2 aromatic heterocycles. The number of piperidine rings is 1. The van der Waals surface area contributed by atoms with Gasteiger partial charge in [-0.15, -0.1) is 0 Å². The molecule has 1 atom stereocenters. The summed E-state index contributed by atoms with van der Waals surface area (Å²) in [6.45, 7) is 11.0. The van der Waals surface area contributed by atoms with Crippen LogP contribution < -0.4 is 10.6 Å². The quantitative estimate of drug-likeness (QED) is 0.478. The maximum absolute atomic E-state index is 5.55. The van der Waals surface area contributed by atoms with E-state index >= 15 is 0 Å². The zero-order valence-electron chi connectivity index (χ0n) is 20.6. The number of thiocarbonyl (C=S) groups is 1. The predicted octanol–water partition coefficient (Wildman–Crippen LogP) is 5.64. The molecule has 1 aromatic carbocycles. The van der Waals surface area contributed by atoms with Gasteiger partial charge in [-0.2, -0.15) is 0 Å². The van der Waals surface area contributed by atoms with Gasteiger partial charge in [0.1, 0.15) is 0 Å². The van der Waals surface area contributed by atoms with Gasteiger partial charge in [0.15, 0.2) is 0 Å². The number of benzene rings is 1. The number of nitrogens with zero attached hydrogens (tertiary/aromatic N) is 4. The van der Waals surface area contributed by atoms with Crippen molar-refractivity contribution in [3.05, 3.63) is 59.0 Å². The van der Waals surface area contributed by atoms with Gasteiger partial charge in [0.25, 0.3) is 0 Å². The van der Waals surface area contributed by atoms with Gasteiger partial charge >= 0.3 is 0 Å². The van der Waals surface area contributed by atoms with Gasteiger partial charge < -0.3 is 15.5 Å². The van der Waals surface area contributed by atoms with Gasteiger partial charge in [-0.25, -0.2) is 9.97 Å². The number of hydrogen-bond acceptors (Lipinski definition) is 6. The minimum atomic E-state index is 0.190.